The van der Waals surface area contributed by atoms with E-state index in [1.807, 2.05) is 0 Å². The van der Waals surface area contributed by atoms with Crippen LogP contribution in [0.5, 0.6) is 5.75 Å². The summed E-state index contributed by atoms with van der Waals surface area (Å²) in [5.74, 6) is -0.175. The van der Waals surface area contributed by atoms with Gasteiger partial charge in [-0.15, -0.1) is 0 Å². The normalized spacial score (nSPS) is 9.33. The zero-order chi connectivity index (χ0) is 8.59. The van der Waals surface area contributed by atoms with Crippen molar-refractivity contribution in [3.8, 4) is 5.75 Å². The van der Waals surface area contributed by atoms with Gasteiger partial charge >= 0.3 is 0 Å². The molecule has 0 atom stereocenters. The Hall–Kier alpha value is 0.140. The van der Waals surface area contributed by atoms with E-state index in [1.165, 1.54) is 6.07 Å². The zero-order valence-corrected chi connectivity index (χ0v) is 8.56. The van der Waals surface area contributed by atoms with E-state index < -0.39 is 0 Å². The summed E-state index contributed by atoms with van der Waals surface area (Å²) < 4.78 is 0. The first-order valence-corrected chi connectivity index (χ1v) is 4.07. The van der Waals surface area contributed by atoms with Crippen molar-refractivity contribution in [2.45, 2.75) is 0 Å². The van der Waals surface area contributed by atoms with E-state index in [0.717, 1.165) is 0 Å². The standard InChI is InChI=1S/C6H2Cl4O.H2O/c7-2-1-3(11)5(9)6(10)4(2)8;/h1,11H;1H2. The summed E-state index contributed by atoms with van der Waals surface area (Å²) in [6, 6.07) is 1.23. The molecule has 0 fully saturated rings. The highest BCUT2D eigenvalue weighted by molar-refractivity contribution is 6.52. The molecule has 1 aromatic rings. The topological polar surface area (TPSA) is 51.7 Å². The van der Waals surface area contributed by atoms with Crippen molar-refractivity contribution >= 4 is 46.4 Å². The first-order valence-electron chi connectivity index (χ1n) is 2.56. The van der Waals surface area contributed by atoms with E-state index >= 15 is 0 Å². The number of hydrogen-bond acceptors (Lipinski definition) is 1. The fourth-order valence-electron chi connectivity index (χ4n) is 0.560. The Morgan fingerprint density at radius 2 is 1.42 bits per heavy atom. The van der Waals surface area contributed by atoms with Gasteiger partial charge in [0, 0.05) is 6.07 Å². The van der Waals surface area contributed by atoms with Crippen molar-refractivity contribution in [1.82, 2.24) is 0 Å². The maximum atomic E-state index is 9.05. The van der Waals surface area contributed by atoms with Crippen molar-refractivity contribution in [2.24, 2.45) is 0 Å². The van der Waals surface area contributed by atoms with Crippen molar-refractivity contribution in [2.75, 3.05) is 0 Å². The van der Waals surface area contributed by atoms with Crippen LogP contribution in [0.2, 0.25) is 20.1 Å². The van der Waals surface area contributed by atoms with Crippen molar-refractivity contribution in [1.29, 1.82) is 0 Å². The van der Waals surface area contributed by atoms with Crippen LogP contribution >= 0.6 is 46.4 Å². The van der Waals surface area contributed by atoms with E-state index in [4.69, 9.17) is 51.5 Å². The highest BCUT2D eigenvalue weighted by Gasteiger charge is 2.11. The molecule has 0 spiro atoms. The molecule has 0 aliphatic rings. The second-order valence-electron chi connectivity index (χ2n) is 1.82. The first-order chi connectivity index (χ1) is 5.04. The van der Waals surface area contributed by atoms with Gasteiger partial charge in [-0.1, -0.05) is 46.4 Å². The number of benzene rings is 1. The number of hydrogen-bond donors (Lipinski definition) is 1. The third-order valence-corrected chi connectivity index (χ3v) is 2.82. The molecule has 12 heavy (non-hydrogen) atoms. The minimum atomic E-state index is -0.175. The van der Waals surface area contributed by atoms with Gasteiger partial charge in [0.1, 0.15) is 10.8 Å². The van der Waals surface area contributed by atoms with E-state index in [0.29, 0.717) is 0 Å². The van der Waals surface area contributed by atoms with Crippen LogP contribution in [0.1, 0.15) is 0 Å². The smallest absolute Gasteiger partial charge is 0.137 e. The Kier molecular flexibility index (Phi) is 4.45. The highest BCUT2D eigenvalue weighted by atomic mass is 35.5. The molecule has 1 rings (SSSR count). The fourth-order valence-corrected chi connectivity index (χ4v) is 1.35. The molecule has 0 radical (unpaired) electrons. The van der Waals surface area contributed by atoms with Crippen molar-refractivity contribution in [3.05, 3.63) is 26.2 Å². The van der Waals surface area contributed by atoms with Crippen molar-refractivity contribution in [3.63, 3.8) is 0 Å². The molecule has 0 heterocycles. The van der Waals surface area contributed by atoms with Crippen LogP contribution in [0.15, 0.2) is 6.07 Å². The van der Waals surface area contributed by atoms with E-state index in [2.05, 4.69) is 0 Å². The lowest BCUT2D eigenvalue weighted by atomic mass is 10.3. The average molecular weight is 250 g/mol. The van der Waals surface area contributed by atoms with Crippen LogP contribution < -0.4 is 0 Å². The molecular weight excluding hydrogens is 246 g/mol. The molecule has 0 amide bonds. The molecular formula is C6H4Cl4O2. The Morgan fingerprint density at radius 1 is 0.917 bits per heavy atom. The van der Waals surface area contributed by atoms with E-state index in [9.17, 15) is 0 Å². The number of phenolic OH excluding ortho intramolecular Hbond substituents is 1. The minimum Gasteiger partial charge on any atom is -0.506 e. The second-order valence-corrected chi connectivity index (χ2v) is 3.36. The molecule has 6 heteroatoms. The predicted octanol–water partition coefficient (Wildman–Crippen LogP) is 3.18. The van der Waals surface area contributed by atoms with Gasteiger partial charge in [0.15, 0.2) is 0 Å². The molecule has 0 unspecified atom stereocenters. The summed E-state index contributed by atoms with van der Waals surface area (Å²) in [5.41, 5.74) is 0. The molecule has 0 aromatic heterocycles. The van der Waals surface area contributed by atoms with Gasteiger partial charge in [-0.25, -0.2) is 0 Å². The van der Waals surface area contributed by atoms with Gasteiger partial charge in [-0.3, -0.25) is 0 Å². The monoisotopic (exact) mass is 248 g/mol. The lowest BCUT2D eigenvalue weighted by molar-refractivity contribution is 0.475. The largest absolute Gasteiger partial charge is 0.506 e. The molecule has 3 N–H and O–H groups in total. The number of phenols is 1. The summed E-state index contributed by atoms with van der Waals surface area (Å²) in [7, 11) is 0. The number of rotatable bonds is 0. The molecule has 0 aliphatic carbocycles. The van der Waals surface area contributed by atoms with E-state index in [1.54, 1.807) is 0 Å². The van der Waals surface area contributed by atoms with Gasteiger partial charge in [0.05, 0.1) is 15.1 Å². The second kappa shape index (κ2) is 4.40. The van der Waals surface area contributed by atoms with Crippen LogP contribution in [-0.4, -0.2) is 10.6 Å². The Morgan fingerprint density at radius 3 is 1.92 bits per heavy atom. The van der Waals surface area contributed by atoms with E-state index in [-0.39, 0.29) is 31.3 Å². The SMILES string of the molecule is O.Oc1cc(Cl)c(Cl)c(Cl)c1Cl. The summed E-state index contributed by atoms with van der Waals surface area (Å²) >= 11 is 22.3. The molecule has 1 aromatic carbocycles. The summed E-state index contributed by atoms with van der Waals surface area (Å²) in [6.07, 6.45) is 0. The fraction of sp³-hybridized carbons (Fsp3) is 0. The molecule has 2 nitrogen and oxygen atoms in total. The molecule has 0 aliphatic heterocycles. The third kappa shape index (κ3) is 2.09. The molecule has 68 valence electrons. The van der Waals surface area contributed by atoms with Gasteiger partial charge in [-0.2, -0.15) is 0 Å². The predicted molar refractivity (Wildman–Crippen MR) is 51.8 cm³/mol. The molecule has 0 saturated carbocycles. The minimum absolute atomic E-state index is 0. The highest BCUT2D eigenvalue weighted by Crippen LogP contribution is 2.41. The van der Waals surface area contributed by atoms with Gasteiger partial charge in [0.2, 0.25) is 0 Å². The first kappa shape index (κ1) is 12.1. The number of aromatic hydroxyl groups is 1. The van der Waals surface area contributed by atoms with Crippen LogP contribution in [0, 0.1) is 0 Å². The lowest BCUT2D eigenvalue weighted by Gasteiger charge is -2.02. The molecule has 0 bridgehead atoms. The summed E-state index contributed by atoms with van der Waals surface area (Å²) in [6.45, 7) is 0. The quantitative estimate of drug-likeness (QED) is 0.557. The van der Waals surface area contributed by atoms with Crippen LogP contribution in [-0.2, 0) is 0 Å². The Labute approximate surface area is 88.9 Å². The summed E-state index contributed by atoms with van der Waals surface area (Å²) in [4.78, 5) is 0. The maximum Gasteiger partial charge on any atom is 0.137 e. The lowest BCUT2D eigenvalue weighted by Crippen LogP contribution is -1.75. The van der Waals surface area contributed by atoms with Crippen LogP contribution in [0.4, 0.5) is 0 Å². The third-order valence-electron chi connectivity index (χ3n) is 1.08. The number of halogens is 4. The van der Waals surface area contributed by atoms with Crippen LogP contribution in [0.25, 0.3) is 0 Å². The van der Waals surface area contributed by atoms with Gasteiger partial charge < -0.3 is 10.6 Å². The van der Waals surface area contributed by atoms with Gasteiger partial charge in [-0.05, 0) is 0 Å². The summed E-state index contributed by atoms with van der Waals surface area (Å²) in [5, 5.41) is 9.46. The maximum absolute atomic E-state index is 9.05. The Bertz CT molecular complexity index is 274. The van der Waals surface area contributed by atoms with Crippen LogP contribution in [0.3, 0.4) is 0 Å². The zero-order valence-electron chi connectivity index (χ0n) is 5.54. The molecule has 0 saturated heterocycles. The van der Waals surface area contributed by atoms with Crippen molar-refractivity contribution < 1.29 is 10.6 Å². The van der Waals surface area contributed by atoms with Gasteiger partial charge in [0.25, 0.3) is 0 Å². The Balaban J connectivity index is 0.00000121. The average Bonchev–Trinajstić information content (AvgIpc) is 1.97.